The van der Waals surface area contributed by atoms with E-state index in [-0.39, 0.29) is 30.2 Å². The summed E-state index contributed by atoms with van der Waals surface area (Å²) < 4.78 is 26.6. The number of nitrogens with one attached hydrogen (secondary N) is 5. The van der Waals surface area contributed by atoms with Crippen molar-refractivity contribution in [2.75, 3.05) is 12.8 Å². The molecule has 1 unspecified atom stereocenters. The summed E-state index contributed by atoms with van der Waals surface area (Å²) >= 11 is 0. The molecule has 1 heterocycles. The van der Waals surface area contributed by atoms with Crippen LogP contribution in [0.3, 0.4) is 0 Å². The molecule has 0 aromatic heterocycles. The zero-order valence-corrected chi connectivity index (χ0v) is 32.9. The summed E-state index contributed by atoms with van der Waals surface area (Å²) in [5, 5.41) is 11.4. The smallest absolute Gasteiger partial charge is 0.289 e. The van der Waals surface area contributed by atoms with Gasteiger partial charge >= 0.3 is 0 Å². The molecule has 0 radical (unpaired) electrons. The number of carbonyl (C=O) groups excluding carboxylic acids is 6. The van der Waals surface area contributed by atoms with E-state index in [4.69, 9.17) is 0 Å². The quantitative estimate of drug-likeness (QED) is 0.147. The number of hydrogen-bond acceptors (Lipinski definition) is 8. The lowest BCUT2D eigenvalue weighted by Crippen LogP contribution is -2.63. The van der Waals surface area contributed by atoms with E-state index < -0.39 is 86.9 Å². The molecule has 4 rings (SSSR count). The van der Waals surface area contributed by atoms with Gasteiger partial charge in [0.15, 0.2) is 0 Å². The molecule has 0 aromatic rings. The summed E-state index contributed by atoms with van der Waals surface area (Å²) in [4.78, 5) is 84.0. The lowest BCUT2D eigenvalue weighted by molar-refractivity contribution is -0.146. The standard InChI is InChI=1S/C37H62N6O8S/c1-8-13-26(30(44)35(48)38-24-18-19-24)39-34(47)29-25-17-12-16-23(25)20-43(29)36(49)31(37(4,5)6)41-33(46)28(22-14-10-9-11-15-22)40-32(45)27(21(2)3)42-52(7,50)51/h21-29,31,42H,8-20H2,1-7H3,(H,38,48)(H,39,47)(H,40,45)(H,41,46)/t23-,25-,26-,27+,28?,29-,31+/m0/s1. The summed E-state index contributed by atoms with van der Waals surface area (Å²) in [6.45, 7) is 11.1. The third-order valence-corrected chi connectivity index (χ3v) is 11.9. The fourth-order valence-corrected chi connectivity index (χ4v) is 9.04. The van der Waals surface area contributed by atoms with Crippen LogP contribution in [0.2, 0.25) is 0 Å². The monoisotopic (exact) mass is 750 g/mol. The maximum Gasteiger partial charge on any atom is 0.289 e. The maximum absolute atomic E-state index is 14.7. The van der Waals surface area contributed by atoms with Gasteiger partial charge in [-0.25, -0.2) is 13.1 Å². The topological polar surface area (TPSA) is 200 Å². The third kappa shape index (κ3) is 10.8. The van der Waals surface area contributed by atoms with Crippen LogP contribution in [0.1, 0.15) is 119 Å². The number of rotatable bonds is 16. The number of fused-ring (bicyclic) bond motifs is 1. The minimum Gasteiger partial charge on any atom is -0.347 e. The van der Waals surface area contributed by atoms with Gasteiger partial charge in [0, 0.05) is 12.6 Å². The van der Waals surface area contributed by atoms with E-state index in [1.807, 2.05) is 27.7 Å². The summed E-state index contributed by atoms with van der Waals surface area (Å²) in [5.41, 5.74) is -0.799. The third-order valence-electron chi connectivity index (χ3n) is 11.2. The van der Waals surface area contributed by atoms with Crippen molar-refractivity contribution in [1.29, 1.82) is 0 Å². The molecule has 52 heavy (non-hydrogen) atoms. The highest BCUT2D eigenvalue weighted by Gasteiger charge is 2.52. The van der Waals surface area contributed by atoms with Crippen LogP contribution >= 0.6 is 0 Å². The van der Waals surface area contributed by atoms with E-state index in [0.29, 0.717) is 25.8 Å². The fraction of sp³-hybridized carbons (Fsp3) is 0.838. The van der Waals surface area contributed by atoms with Gasteiger partial charge in [0.2, 0.25) is 39.4 Å². The molecule has 14 nitrogen and oxygen atoms in total. The minimum absolute atomic E-state index is 0.00650. The zero-order valence-electron chi connectivity index (χ0n) is 32.1. The molecule has 1 aliphatic heterocycles. The molecule has 3 saturated carbocycles. The average Bonchev–Trinajstić information content (AvgIpc) is 3.63. The Kier molecular flexibility index (Phi) is 13.9. The Bertz CT molecular complexity index is 1450. The lowest BCUT2D eigenvalue weighted by Gasteiger charge is -2.38. The second kappa shape index (κ2) is 17.4. The van der Waals surface area contributed by atoms with Gasteiger partial charge in [-0.1, -0.05) is 73.6 Å². The first kappa shape index (κ1) is 41.7. The Morgan fingerprint density at radius 1 is 0.827 bits per heavy atom. The predicted octanol–water partition coefficient (Wildman–Crippen LogP) is 1.92. The van der Waals surface area contributed by atoms with Crippen LogP contribution in [0.25, 0.3) is 0 Å². The number of nitrogens with zero attached hydrogens (tertiary/aromatic N) is 1. The summed E-state index contributed by atoms with van der Waals surface area (Å²) in [7, 11) is -3.73. The van der Waals surface area contributed by atoms with Crippen molar-refractivity contribution in [3.05, 3.63) is 0 Å². The number of Topliss-reactive ketones (excluding diaryl/α,β-unsaturated/α-hetero) is 1. The van der Waals surface area contributed by atoms with Crippen LogP contribution in [0.4, 0.5) is 0 Å². The summed E-state index contributed by atoms with van der Waals surface area (Å²) in [5.74, 6) is -4.10. The molecule has 7 atom stereocenters. The van der Waals surface area contributed by atoms with Crippen molar-refractivity contribution in [3.8, 4) is 0 Å². The van der Waals surface area contributed by atoms with E-state index in [0.717, 1.165) is 57.6 Å². The normalized spacial score (nSPS) is 24.7. The Hall–Kier alpha value is -3.07. The second-order valence-corrected chi connectivity index (χ2v) is 18.8. The number of carbonyl (C=O) groups is 6. The Morgan fingerprint density at radius 3 is 2.04 bits per heavy atom. The van der Waals surface area contributed by atoms with E-state index in [9.17, 15) is 37.2 Å². The number of hydrogen-bond donors (Lipinski definition) is 5. The highest BCUT2D eigenvalue weighted by atomic mass is 32.2. The number of amides is 5. The molecular formula is C37H62N6O8S. The number of likely N-dealkylation sites (tertiary alicyclic amines) is 1. The van der Waals surface area contributed by atoms with Gasteiger partial charge in [0.05, 0.1) is 12.3 Å². The van der Waals surface area contributed by atoms with Crippen LogP contribution < -0.4 is 26.0 Å². The van der Waals surface area contributed by atoms with Crippen LogP contribution in [-0.2, 0) is 38.8 Å². The van der Waals surface area contributed by atoms with E-state index in [1.54, 1.807) is 18.7 Å². The van der Waals surface area contributed by atoms with Gasteiger partial charge in [-0.15, -0.1) is 0 Å². The fourth-order valence-electron chi connectivity index (χ4n) is 8.20. The molecule has 0 spiro atoms. The second-order valence-electron chi connectivity index (χ2n) is 17.1. The van der Waals surface area contributed by atoms with Crippen LogP contribution in [-0.4, -0.2) is 97.7 Å². The molecule has 294 valence electrons. The summed E-state index contributed by atoms with van der Waals surface area (Å²) in [6, 6.07) is -5.06. The molecule has 1 saturated heterocycles. The first-order chi connectivity index (χ1) is 24.3. The molecule has 0 bridgehead atoms. The van der Waals surface area contributed by atoms with Crippen molar-refractivity contribution in [2.45, 2.75) is 155 Å². The van der Waals surface area contributed by atoms with Crippen molar-refractivity contribution >= 4 is 45.3 Å². The van der Waals surface area contributed by atoms with Crippen LogP contribution in [0.15, 0.2) is 0 Å². The van der Waals surface area contributed by atoms with Crippen molar-refractivity contribution in [2.24, 2.45) is 29.1 Å². The highest BCUT2D eigenvalue weighted by molar-refractivity contribution is 7.88. The molecule has 5 N–H and O–H groups in total. The molecule has 15 heteroatoms. The molecule has 4 fully saturated rings. The van der Waals surface area contributed by atoms with Gasteiger partial charge < -0.3 is 26.2 Å². The van der Waals surface area contributed by atoms with Crippen molar-refractivity contribution in [1.82, 2.24) is 30.9 Å². The van der Waals surface area contributed by atoms with Gasteiger partial charge in [-0.2, -0.15) is 0 Å². The first-order valence-electron chi connectivity index (χ1n) is 19.4. The molecular weight excluding hydrogens is 689 g/mol. The van der Waals surface area contributed by atoms with Gasteiger partial charge in [-0.05, 0) is 74.0 Å². The number of sulfonamides is 1. The van der Waals surface area contributed by atoms with Gasteiger partial charge in [0.1, 0.15) is 24.2 Å². The Balaban J connectivity index is 1.58. The average molecular weight is 751 g/mol. The van der Waals surface area contributed by atoms with Crippen molar-refractivity contribution in [3.63, 3.8) is 0 Å². The molecule has 0 aromatic carbocycles. The zero-order chi connectivity index (χ0) is 38.5. The van der Waals surface area contributed by atoms with E-state index in [2.05, 4.69) is 26.0 Å². The van der Waals surface area contributed by atoms with E-state index >= 15 is 0 Å². The Morgan fingerprint density at radius 2 is 1.48 bits per heavy atom. The molecule has 4 aliphatic rings. The molecule has 5 amide bonds. The highest BCUT2D eigenvalue weighted by Crippen LogP contribution is 2.43. The van der Waals surface area contributed by atoms with E-state index in [1.165, 1.54) is 0 Å². The molecule has 3 aliphatic carbocycles. The first-order valence-corrected chi connectivity index (χ1v) is 21.2. The van der Waals surface area contributed by atoms with Crippen LogP contribution in [0.5, 0.6) is 0 Å². The summed E-state index contributed by atoms with van der Waals surface area (Å²) in [6.07, 6.45) is 10.1. The predicted molar refractivity (Wildman–Crippen MR) is 196 cm³/mol. The van der Waals surface area contributed by atoms with Crippen LogP contribution in [0, 0.1) is 29.1 Å². The van der Waals surface area contributed by atoms with Gasteiger partial charge in [-0.3, -0.25) is 28.8 Å². The SMILES string of the molecule is CCC[C@H](NC(=O)[C@@H]1[C@H]2CCC[C@H]2CN1C(=O)[C@@H](NC(=O)C(NC(=O)[C@H](NS(C)(=O)=O)C(C)C)C1CCCCC1)C(C)(C)C)C(=O)C(=O)NC1CC1. The minimum atomic E-state index is -3.73. The number of ketones is 1. The maximum atomic E-state index is 14.7. The van der Waals surface area contributed by atoms with Crippen molar-refractivity contribution < 1.29 is 37.2 Å². The Labute approximate surface area is 309 Å². The largest absolute Gasteiger partial charge is 0.347 e. The van der Waals surface area contributed by atoms with Gasteiger partial charge in [0.25, 0.3) is 5.91 Å². The lowest BCUT2D eigenvalue weighted by atomic mass is 9.82.